The van der Waals surface area contributed by atoms with E-state index in [9.17, 15) is 5.11 Å². The molecule has 0 fully saturated rings. The maximum Gasteiger partial charge on any atom is 0.102 e. The Hall–Kier alpha value is -2.13. The fraction of sp³-hybridized carbons (Fsp3) is 0.278. The molecule has 1 heterocycles. The van der Waals surface area contributed by atoms with Crippen LogP contribution in [0.2, 0.25) is 0 Å². The average molecular weight is 280 g/mol. The highest BCUT2D eigenvalue weighted by Crippen LogP contribution is 2.26. The third-order valence-corrected chi connectivity index (χ3v) is 3.81. The van der Waals surface area contributed by atoms with Gasteiger partial charge in [-0.3, -0.25) is 4.68 Å². The van der Waals surface area contributed by atoms with Gasteiger partial charge in [-0.05, 0) is 25.5 Å². The molecule has 0 bridgehead atoms. The van der Waals surface area contributed by atoms with E-state index in [1.54, 1.807) is 0 Å². The predicted molar refractivity (Wildman–Crippen MR) is 85.3 cm³/mol. The molecule has 1 aromatic heterocycles. The number of nitrogens with zero attached hydrogens (tertiary/aromatic N) is 2. The van der Waals surface area contributed by atoms with Crippen LogP contribution in [0.3, 0.4) is 0 Å². The zero-order chi connectivity index (χ0) is 15.0. The second kappa shape index (κ2) is 5.34. The molecule has 0 aliphatic heterocycles. The van der Waals surface area contributed by atoms with Crippen molar-refractivity contribution in [3.05, 3.63) is 64.8 Å². The molecule has 3 heteroatoms. The van der Waals surface area contributed by atoms with Crippen molar-refractivity contribution < 1.29 is 5.11 Å². The molecule has 21 heavy (non-hydrogen) atoms. The lowest BCUT2D eigenvalue weighted by Crippen LogP contribution is -2.04. The van der Waals surface area contributed by atoms with Gasteiger partial charge in [0.1, 0.15) is 6.10 Å². The molecular formula is C18H20N2O. The van der Waals surface area contributed by atoms with E-state index in [2.05, 4.69) is 37.1 Å². The van der Waals surface area contributed by atoms with E-state index in [-0.39, 0.29) is 0 Å². The van der Waals surface area contributed by atoms with Gasteiger partial charge in [-0.1, -0.05) is 47.5 Å². The van der Waals surface area contributed by atoms with Gasteiger partial charge in [-0.15, -0.1) is 0 Å². The summed E-state index contributed by atoms with van der Waals surface area (Å²) >= 11 is 0. The number of aryl methyl sites for hydroxylation is 3. The zero-order valence-corrected chi connectivity index (χ0v) is 12.7. The van der Waals surface area contributed by atoms with Gasteiger partial charge in [0.15, 0.2) is 0 Å². The normalized spacial score (nSPS) is 12.8. The Morgan fingerprint density at radius 3 is 2.48 bits per heavy atom. The van der Waals surface area contributed by atoms with Crippen LogP contribution in [0.1, 0.15) is 28.5 Å². The van der Waals surface area contributed by atoms with Crippen molar-refractivity contribution in [1.29, 1.82) is 0 Å². The molecular weight excluding hydrogens is 260 g/mol. The van der Waals surface area contributed by atoms with E-state index in [0.29, 0.717) is 6.42 Å². The fourth-order valence-electron chi connectivity index (χ4n) is 2.99. The second-order valence-corrected chi connectivity index (χ2v) is 5.74. The van der Waals surface area contributed by atoms with E-state index in [1.165, 1.54) is 11.1 Å². The Labute approximate surface area is 124 Å². The van der Waals surface area contributed by atoms with Crippen LogP contribution in [0.15, 0.2) is 42.5 Å². The van der Waals surface area contributed by atoms with E-state index in [4.69, 9.17) is 0 Å². The number of aliphatic hydroxyl groups excluding tert-OH is 1. The van der Waals surface area contributed by atoms with Crippen LogP contribution >= 0.6 is 0 Å². The largest absolute Gasteiger partial charge is 0.386 e. The van der Waals surface area contributed by atoms with Gasteiger partial charge < -0.3 is 5.11 Å². The van der Waals surface area contributed by atoms with Gasteiger partial charge in [0.2, 0.25) is 0 Å². The Kier molecular flexibility index (Phi) is 3.52. The molecule has 0 aliphatic rings. The van der Waals surface area contributed by atoms with E-state index < -0.39 is 6.10 Å². The van der Waals surface area contributed by atoms with Crippen LogP contribution in [0, 0.1) is 13.8 Å². The van der Waals surface area contributed by atoms with Crippen molar-refractivity contribution in [2.75, 3.05) is 0 Å². The first-order valence-corrected chi connectivity index (χ1v) is 7.21. The van der Waals surface area contributed by atoms with Crippen molar-refractivity contribution >= 4 is 10.9 Å². The Balaban J connectivity index is 1.95. The van der Waals surface area contributed by atoms with E-state index in [1.807, 2.05) is 36.0 Å². The monoisotopic (exact) mass is 280 g/mol. The molecule has 1 atom stereocenters. The summed E-state index contributed by atoms with van der Waals surface area (Å²) in [5.74, 6) is 0. The predicted octanol–water partition coefficient (Wildman–Crippen LogP) is 3.47. The molecule has 0 aliphatic carbocycles. The smallest absolute Gasteiger partial charge is 0.102 e. The fourth-order valence-corrected chi connectivity index (χ4v) is 2.99. The number of benzene rings is 2. The minimum atomic E-state index is -0.586. The summed E-state index contributed by atoms with van der Waals surface area (Å²) in [7, 11) is 1.91. The molecule has 3 rings (SSSR count). The number of hydrogen-bond acceptors (Lipinski definition) is 2. The topological polar surface area (TPSA) is 38.1 Å². The third-order valence-electron chi connectivity index (χ3n) is 3.81. The summed E-state index contributed by atoms with van der Waals surface area (Å²) in [6, 6.07) is 14.4. The minimum absolute atomic E-state index is 0.586. The van der Waals surface area contributed by atoms with Gasteiger partial charge in [-0.25, -0.2) is 0 Å². The summed E-state index contributed by atoms with van der Waals surface area (Å²) in [6.07, 6.45) is 0.001000. The standard InChI is InChI=1S/C18H20N2O/c1-12-8-13(2)10-14(9-12)11-17(21)18-15-6-4-5-7-16(15)20(3)19-18/h4-10,17,21H,11H2,1-3H3. The number of rotatable bonds is 3. The van der Waals surface area contributed by atoms with Crippen LogP contribution < -0.4 is 0 Å². The highest BCUT2D eigenvalue weighted by atomic mass is 16.3. The molecule has 2 aromatic carbocycles. The first kappa shape index (κ1) is 13.8. The van der Waals surface area contributed by atoms with E-state index >= 15 is 0 Å². The Morgan fingerprint density at radius 1 is 1.10 bits per heavy atom. The highest BCUT2D eigenvalue weighted by molar-refractivity contribution is 5.82. The Morgan fingerprint density at radius 2 is 1.76 bits per heavy atom. The maximum atomic E-state index is 10.6. The molecule has 0 saturated heterocycles. The van der Waals surface area contributed by atoms with Gasteiger partial charge in [0, 0.05) is 18.9 Å². The van der Waals surface area contributed by atoms with Crippen molar-refractivity contribution in [2.45, 2.75) is 26.4 Å². The van der Waals surface area contributed by atoms with Crippen molar-refractivity contribution in [2.24, 2.45) is 7.05 Å². The zero-order valence-electron chi connectivity index (χ0n) is 12.7. The molecule has 0 amide bonds. The van der Waals surface area contributed by atoms with Crippen LogP contribution in [-0.2, 0) is 13.5 Å². The van der Waals surface area contributed by atoms with Crippen molar-refractivity contribution in [3.63, 3.8) is 0 Å². The van der Waals surface area contributed by atoms with Crippen LogP contribution in [-0.4, -0.2) is 14.9 Å². The van der Waals surface area contributed by atoms with Crippen LogP contribution in [0.5, 0.6) is 0 Å². The summed E-state index contributed by atoms with van der Waals surface area (Å²) < 4.78 is 1.83. The molecule has 3 nitrogen and oxygen atoms in total. The summed E-state index contributed by atoms with van der Waals surface area (Å²) in [4.78, 5) is 0. The lowest BCUT2D eigenvalue weighted by Gasteiger charge is -2.10. The molecule has 3 aromatic rings. The lowest BCUT2D eigenvalue weighted by molar-refractivity contribution is 0.174. The quantitative estimate of drug-likeness (QED) is 0.797. The van der Waals surface area contributed by atoms with Crippen LogP contribution in [0.25, 0.3) is 10.9 Å². The van der Waals surface area contributed by atoms with Gasteiger partial charge in [-0.2, -0.15) is 5.10 Å². The summed E-state index contributed by atoms with van der Waals surface area (Å²) in [5.41, 5.74) is 5.40. The molecule has 108 valence electrons. The van der Waals surface area contributed by atoms with Gasteiger partial charge in [0.25, 0.3) is 0 Å². The molecule has 0 spiro atoms. The Bertz CT molecular complexity index is 769. The average Bonchev–Trinajstić information content (AvgIpc) is 2.76. The number of fused-ring (bicyclic) bond motifs is 1. The van der Waals surface area contributed by atoms with Crippen molar-refractivity contribution in [1.82, 2.24) is 9.78 Å². The molecule has 1 unspecified atom stereocenters. The first-order chi connectivity index (χ1) is 10.0. The lowest BCUT2D eigenvalue weighted by atomic mass is 10.00. The SMILES string of the molecule is Cc1cc(C)cc(CC(O)c2nn(C)c3ccccc23)c1. The summed E-state index contributed by atoms with van der Waals surface area (Å²) in [5, 5.41) is 16.1. The number of aliphatic hydroxyl groups is 1. The molecule has 0 radical (unpaired) electrons. The number of hydrogen-bond donors (Lipinski definition) is 1. The van der Waals surface area contributed by atoms with Crippen molar-refractivity contribution in [3.8, 4) is 0 Å². The first-order valence-electron chi connectivity index (χ1n) is 7.21. The third kappa shape index (κ3) is 2.69. The number of aromatic nitrogens is 2. The maximum absolute atomic E-state index is 10.6. The summed E-state index contributed by atoms with van der Waals surface area (Å²) in [6.45, 7) is 4.16. The van der Waals surface area contributed by atoms with Gasteiger partial charge >= 0.3 is 0 Å². The second-order valence-electron chi connectivity index (χ2n) is 5.74. The number of para-hydroxylation sites is 1. The van der Waals surface area contributed by atoms with Gasteiger partial charge in [0.05, 0.1) is 11.2 Å². The molecule has 1 N–H and O–H groups in total. The highest BCUT2D eigenvalue weighted by Gasteiger charge is 2.17. The van der Waals surface area contributed by atoms with E-state index in [0.717, 1.165) is 22.2 Å². The minimum Gasteiger partial charge on any atom is -0.386 e. The molecule has 0 saturated carbocycles. The van der Waals surface area contributed by atoms with Crippen LogP contribution in [0.4, 0.5) is 0 Å².